The van der Waals surface area contributed by atoms with Crippen molar-refractivity contribution >= 4 is 23.2 Å². The predicted octanol–water partition coefficient (Wildman–Crippen LogP) is 3.05. The fourth-order valence-electron chi connectivity index (χ4n) is 2.58. The summed E-state index contributed by atoms with van der Waals surface area (Å²) in [7, 11) is 0. The quantitative estimate of drug-likeness (QED) is 0.675. The van der Waals surface area contributed by atoms with Crippen LogP contribution in [0.5, 0.6) is 0 Å². The van der Waals surface area contributed by atoms with Gasteiger partial charge in [0.15, 0.2) is 0 Å². The molecule has 0 radical (unpaired) electrons. The van der Waals surface area contributed by atoms with E-state index in [9.17, 15) is 9.59 Å². The third-order valence-electron chi connectivity index (χ3n) is 4.11. The minimum Gasteiger partial charge on any atom is -0.326 e. The maximum atomic E-state index is 12.3. The molecule has 2 amide bonds. The molecule has 0 saturated heterocycles. The lowest BCUT2D eigenvalue weighted by Crippen LogP contribution is -2.24. The number of aryl methyl sites for hydroxylation is 1. The Morgan fingerprint density at radius 1 is 1.04 bits per heavy atom. The van der Waals surface area contributed by atoms with Crippen molar-refractivity contribution in [3.8, 4) is 0 Å². The van der Waals surface area contributed by atoms with Gasteiger partial charge in [-0.25, -0.2) is 0 Å². The average molecular weight is 363 g/mol. The molecule has 0 unspecified atom stereocenters. The second-order valence-corrected chi connectivity index (χ2v) is 6.14. The van der Waals surface area contributed by atoms with Crippen LogP contribution in [0.2, 0.25) is 0 Å². The molecular weight excluding hydrogens is 342 g/mol. The van der Waals surface area contributed by atoms with Gasteiger partial charge in [-0.2, -0.15) is 5.10 Å². The first-order valence-electron chi connectivity index (χ1n) is 8.70. The van der Waals surface area contributed by atoms with Crippen LogP contribution in [0.1, 0.15) is 24.9 Å². The number of carbonyl (C=O) groups is 2. The lowest BCUT2D eigenvalue weighted by Gasteiger charge is -2.13. The van der Waals surface area contributed by atoms with Gasteiger partial charge in [-0.05, 0) is 55.3 Å². The van der Waals surface area contributed by atoms with Gasteiger partial charge >= 0.3 is 0 Å². The number of nitrogens with zero attached hydrogens (tertiary/aromatic N) is 3. The molecule has 3 rings (SSSR count). The summed E-state index contributed by atoms with van der Waals surface area (Å²) in [6.07, 6.45) is 7.81. The van der Waals surface area contributed by atoms with Crippen molar-refractivity contribution in [1.82, 2.24) is 14.8 Å². The van der Waals surface area contributed by atoms with E-state index in [1.165, 1.54) is 0 Å². The molecule has 2 N–H and O–H groups in total. The van der Waals surface area contributed by atoms with Gasteiger partial charge in [0.1, 0.15) is 6.04 Å². The smallest absolute Gasteiger partial charge is 0.248 e. The molecule has 0 saturated carbocycles. The zero-order valence-electron chi connectivity index (χ0n) is 15.0. The zero-order valence-corrected chi connectivity index (χ0v) is 15.0. The van der Waals surface area contributed by atoms with E-state index < -0.39 is 6.04 Å². The van der Waals surface area contributed by atoms with Crippen LogP contribution in [-0.4, -0.2) is 26.6 Å². The second kappa shape index (κ2) is 8.75. The van der Waals surface area contributed by atoms with Crippen molar-refractivity contribution in [3.63, 3.8) is 0 Å². The van der Waals surface area contributed by atoms with Crippen molar-refractivity contribution in [2.24, 2.45) is 0 Å². The van der Waals surface area contributed by atoms with E-state index in [2.05, 4.69) is 20.7 Å². The highest BCUT2D eigenvalue weighted by molar-refractivity contribution is 5.95. The van der Waals surface area contributed by atoms with Crippen LogP contribution < -0.4 is 10.6 Å². The molecule has 27 heavy (non-hydrogen) atoms. The Morgan fingerprint density at radius 2 is 1.78 bits per heavy atom. The fraction of sp³-hybridized carbons (Fsp3) is 0.200. The monoisotopic (exact) mass is 363 g/mol. The van der Waals surface area contributed by atoms with Crippen molar-refractivity contribution < 1.29 is 9.59 Å². The van der Waals surface area contributed by atoms with Crippen molar-refractivity contribution in [3.05, 3.63) is 72.8 Å². The topological polar surface area (TPSA) is 88.9 Å². The van der Waals surface area contributed by atoms with Crippen molar-refractivity contribution in [2.45, 2.75) is 25.8 Å². The number of amides is 2. The first-order chi connectivity index (χ1) is 13.1. The average Bonchev–Trinajstić information content (AvgIpc) is 3.21. The second-order valence-electron chi connectivity index (χ2n) is 6.14. The molecule has 2 heterocycles. The van der Waals surface area contributed by atoms with Crippen LogP contribution in [0.4, 0.5) is 11.4 Å². The number of benzene rings is 1. The van der Waals surface area contributed by atoms with Crippen molar-refractivity contribution in [1.29, 1.82) is 0 Å². The minimum absolute atomic E-state index is 0.0832. The highest BCUT2D eigenvalue weighted by Crippen LogP contribution is 2.17. The third-order valence-corrected chi connectivity index (χ3v) is 4.11. The molecule has 2 aromatic heterocycles. The molecule has 3 aromatic rings. The van der Waals surface area contributed by atoms with Gasteiger partial charge < -0.3 is 10.6 Å². The number of rotatable bonds is 7. The molecule has 0 aliphatic heterocycles. The number of pyridine rings is 1. The number of hydrogen-bond donors (Lipinski definition) is 2. The van der Waals surface area contributed by atoms with Gasteiger partial charge in [-0.15, -0.1) is 0 Å². The van der Waals surface area contributed by atoms with Gasteiger partial charge in [-0.1, -0.05) is 6.07 Å². The minimum atomic E-state index is -0.432. The molecule has 0 fully saturated rings. The first kappa shape index (κ1) is 18.3. The Balaban J connectivity index is 1.55. The van der Waals surface area contributed by atoms with E-state index in [1.807, 2.05) is 12.1 Å². The molecule has 0 bridgehead atoms. The van der Waals surface area contributed by atoms with Crippen LogP contribution in [0.3, 0.4) is 0 Å². The van der Waals surface area contributed by atoms with E-state index in [0.29, 0.717) is 24.2 Å². The molecule has 1 aromatic carbocycles. The van der Waals surface area contributed by atoms with Gasteiger partial charge in [-0.3, -0.25) is 19.3 Å². The molecule has 0 aliphatic carbocycles. The van der Waals surface area contributed by atoms with Crippen LogP contribution in [-0.2, 0) is 16.0 Å². The van der Waals surface area contributed by atoms with Crippen molar-refractivity contribution in [2.75, 3.05) is 10.6 Å². The summed E-state index contributed by atoms with van der Waals surface area (Å²) in [6.45, 7) is 1.77. The molecule has 138 valence electrons. The molecule has 7 heteroatoms. The molecule has 1 atom stereocenters. The fourth-order valence-corrected chi connectivity index (χ4v) is 2.58. The van der Waals surface area contributed by atoms with Crippen LogP contribution >= 0.6 is 0 Å². The van der Waals surface area contributed by atoms with E-state index in [4.69, 9.17) is 0 Å². The molecule has 0 aliphatic rings. The Labute approximate surface area is 157 Å². The number of aromatic nitrogens is 3. The Kier molecular flexibility index (Phi) is 5.94. The Hall–Kier alpha value is -3.48. The maximum absolute atomic E-state index is 12.3. The lowest BCUT2D eigenvalue weighted by atomic mass is 10.1. The van der Waals surface area contributed by atoms with Gasteiger partial charge in [0.25, 0.3) is 0 Å². The highest BCUT2D eigenvalue weighted by atomic mass is 16.2. The summed E-state index contributed by atoms with van der Waals surface area (Å²) in [5.74, 6) is -0.264. The molecular formula is C20H21N5O2. The van der Waals surface area contributed by atoms with E-state index in [0.717, 1.165) is 5.56 Å². The first-order valence-corrected chi connectivity index (χ1v) is 8.70. The van der Waals surface area contributed by atoms with E-state index >= 15 is 0 Å². The number of nitrogens with one attached hydrogen (secondary N) is 2. The lowest BCUT2D eigenvalue weighted by molar-refractivity contribution is -0.119. The third kappa shape index (κ3) is 5.24. The Morgan fingerprint density at radius 3 is 2.48 bits per heavy atom. The largest absolute Gasteiger partial charge is 0.326 e. The SMILES string of the molecule is C[C@H](C(=O)Nc1cccc(NC(=O)CCc2ccncc2)c1)n1cccn1. The van der Waals surface area contributed by atoms with Crippen LogP contribution in [0.15, 0.2) is 67.3 Å². The summed E-state index contributed by atoms with van der Waals surface area (Å²) in [5.41, 5.74) is 2.32. The van der Waals surface area contributed by atoms with Crippen LogP contribution in [0, 0.1) is 0 Å². The summed E-state index contributed by atoms with van der Waals surface area (Å²) in [6, 6.07) is 12.2. The number of carbonyl (C=O) groups excluding carboxylic acids is 2. The van der Waals surface area contributed by atoms with Gasteiger partial charge in [0.05, 0.1) is 0 Å². The maximum Gasteiger partial charge on any atom is 0.248 e. The summed E-state index contributed by atoms with van der Waals surface area (Å²) in [5, 5.41) is 9.78. The van der Waals surface area contributed by atoms with E-state index in [-0.39, 0.29) is 11.8 Å². The zero-order chi connectivity index (χ0) is 19.1. The molecule has 7 nitrogen and oxygen atoms in total. The summed E-state index contributed by atoms with van der Waals surface area (Å²) in [4.78, 5) is 28.5. The molecule has 0 spiro atoms. The number of hydrogen-bond acceptors (Lipinski definition) is 4. The normalized spacial score (nSPS) is 11.6. The summed E-state index contributed by atoms with van der Waals surface area (Å²) < 4.78 is 1.58. The predicted molar refractivity (Wildman–Crippen MR) is 103 cm³/mol. The van der Waals surface area contributed by atoms with Crippen LogP contribution in [0.25, 0.3) is 0 Å². The standard InChI is InChI=1S/C20H21N5O2/c1-15(25-13-3-10-22-25)20(27)24-18-5-2-4-17(14-18)23-19(26)7-6-16-8-11-21-12-9-16/h2-5,8-15H,6-7H2,1H3,(H,23,26)(H,24,27)/t15-/m1/s1. The Bertz CT molecular complexity index is 894. The van der Waals surface area contributed by atoms with Gasteiger partial charge in [0.2, 0.25) is 11.8 Å². The van der Waals surface area contributed by atoms with E-state index in [1.54, 1.807) is 66.7 Å². The highest BCUT2D eigenvalue weighted by Gasteiger charge is 2.15. The van der Waals surface area contributed by atoms with Gasteiger partial charge in [0, 0.05) is 42.6 Å². The number of anilines is 2. The summed E-state index contributed by atoms with van der Waals surface area (Å²) >= 11 is 0.